The van der Waals surface area contributed by atoms with E-state index in [1.807, 2.05) is 11.8 Å². The SMILES string of the molecule is NC(C(=O)O)C1(C2CCCSC2)CC1. The molecular formula is C10H17NO2S. The van der Waals surface area contributed by atoms with E-state index in [0.717, 1.165) is 18.6 Å². The number of carboxylic acid groups (broad SMARTS) is 1. The monoisotopic (exact) mass is 215 g/mol. The first kappa shape index (κ1) is 10.3. The van der Waals surface area contributed by atoms with Gasteiger partial charge in [-0.05, 0) is 48.5 Å². The smallest absolute Gasteiger partial charge is 0.321 e. The molecule has 1 aliphatic heterocycles. The van der Waals surface area contributed by atoms with Crippen LogP contribution in [0.4, 0.5) is 0 Å². The van der Waals surface area contributed by atoms with E-state index in [1.165, 1.54) is 18.6 Å². The summed E-state index contributed by atoms with van der Waals surface area (Å²) in [6.45, 7) is 0. The third kappa shape index (κ3) is 1.65. The summed E-state index contributed by atoms with van der Waals surface area (Å²) < 4.78 is 0. The van der Waals surface area contributed by atoms with Crippen LogP contribution in [-0.2, 0) is 4.79 Å². The highest BCUT2D eigenvalue weighted by atomic mass is 32.2. The summed E-state index contributed by atoms with van der Waals surface area (Å²) in [6.07, 6.45) is 4.44. The second kappa shape index (κ2) is 3.74. The maximum absolute atomic E-state index is 10.9. The van der Waals surface area contributed by atoms with E-state index in [2.05, 4.69) is 0 Å². The van der Waals surface area contributed by atoms with Gasteiger partial charge in [-0.15, -0.1) is 0 Å². The minimum Gasteiger partial charge on any atom is -0.480 e. The fourth-order valence-electron chi connectivity index (χ4n) is 2.56. The number of hydrogen-bond donors (Lipinski definition) is 2. The topological polar surface area (TPSA) is 63.3 Å². The third-order valence-electron chi connectivity index (χ3n) is 3.69. The van der Waals surface area contributed by atoms with Crippen LogP contribution in [0.5, 0.6) is 0 Å². The molecular weight excluding hydrogens is 198 g/mol. The molecule has 0 amide bonds. The largest absolute Gasteiger partial charge is 0.480 e. The quantitative estimate of drug-likeness (QED) is 0.745. The van der Waals surface area contributed by atoms with E-state index in [9.17, 15) is 4.79 Å². The predicted octanol–water partition coefficient (Wildman–Crippen LogP) is 1.32. The van der Waals surface area contributed by atoms with E-state index in [4.69, 9.17) is 10.8 Å². The molecule has 0 aromatic heterocycles. The average Bonchev–Trinajstić information content (AvgIpc) is 2.99. The Morgan fingerprint density at radius 3 is 2.71 bits per heavy atom. The standard InChI is InChI=1S/C10H17NO2S/c11-8(9(12)13)10(3-4-10)7-2-1-5-14-6-7/h7-8H,1-6,11H2,(H,12,13). The Labute approximate surface area is 88.4 Å². The van der Waals surface area contributed by atoms with Crippen LogP contribution in [0.3, 0.4) is 0 Å². The molecule has 1 saturated carbocycles. The zero-order valence-electron chi connectivity index (χ0n) is 8.24. The van der Waals surface area contributed by atoms with E-state index in [-0.39, 0.29) is 5.41 Å². The summed E-state index contributed by atoms with van der Waals surface area (Å²) in [5, 5.41) is 8.96. The Kier molecular flexibility index (Phi) is 2.75. The molecule has 0 bridgehead atoms. The van der Waals surface area contributed by atoms with Crippen molar-refractivity contribution in [2.45, 2.75) is 31.7 Å². The molecule has 0 spiro atoms. The van der Waals surface area contributed by atoms with Crippen molar-refractivity contribution in [2.75, 3.05) is 11.5 Å². The molecule has 1 aliphatic carbocycles. The van der Waals surface area contributed by atoms with Crippen molar-refractivity contribution in [3.8, 4) is 0 Å². The molecule has 80 valence electrons. The third-order valence-corrected chi connectivity index (χ3v) is 4.90. The zero-order valence-corrected chi connectivity index (χ0v) is 9.05. The normalized spacial score (nSPS) is 32.2. The Balaban J connectivity index is 2.03. The molecule has 0 aromatic carbocycles. The van der Waals surface area contributed by atoms with Crippen molar-refractivity contribution in [1.82, 2.24) is 0 Å². The Morgan fingerprint density at radius 2 is 2.29 bits per heavy atom. The van der Waals surface area contributed by atoms with Gasteiger partial charge in [0, 0.05) is 0 Å². The minimum atomic E-state index is -0.821. The highest BCUT2D eigenvalue weighted by Crippen LogP contribution is 2.57. The van der Waals surface area contributed by atoms with Gasteiger partial charge in [-0.25, -0.2) is 0 Å². The number of thioether (sulfide) groups is 1. The van der Waals surface area contributed by atoms with Crippen molar-refractivity contribution < 1.29 is 9.90 Å². The second-order valence-corrected chi connectivity index (χ2v) is 5.61. The van der Waals surface area contributed by atoms with Crippen LogP contribution in [-0.4, -0.2) is 28.6 Å². The number of aliphatic carboxylic acids is 1. The summed E-state index contributed by atoms with van der Waals surface area (Å²) in [5.74, 6) is 2.07. The molecule has 2 fully saturated rings. The lowest BCUT2D eigenvalue weighted by Crippen LogP contribution is -2.44. The molecule has 3 nitrogen and oxygen atoms in total. The summed E-state index contributed by atoms with van der Waals surface area (Å²) in [4.78, 5) is 10.9. The Morgan fingerprint density at radius 1 is 1.57 bits per heavy atom. The fourth-order valence-corrected chi connectivity index (χ4v) is 3.88. The van der Waals surface area contributed by atoms with E-state index >= 15 is 0 Å². The van der Waals surface area contributed by atoms with Gasteiger partial charge in [0.15, 0.2) is 0 Å². The summed E-state index contributed by atoms with van der Waals surface area (Å²) >= 11 is 1.95. The molecule has 2 atom stereocenters. The molecule has 0 radical (unpaired) electrons. The lowest BCUT2D eigenvalue weighted by atomic mass is 9.81. The van der Waals surface area contributed by atoms with Crippen LogP contribution >= 0.6 is 11.8 Å². The van der Waals surface area contributed by atoms with Crippen LogP contribution in [0.2, 0.25) is 0 Å². The summed E-state index contributed by atoms with van der Waals surface area (Å²) in [5.41, 5.74) is 5.74. The van der Waals surface area contributed by atoms with Crippen LogP contribution in [0.15, 0.2) is 0 Å². The minimum absolute atomic E-state index is 0.0424. The van der Waals surface area contributed by atoms with Gasteiger partial charge in [0.05, 0.1) is 0 Å². The average molecular weight is 215 g/mol. The summed E-state index contributed by atoms with van der Waals surface area (Å²) in [6, 6.07) is -0.633. The number of carboxylic acids is 1. The van der Waals surface area contributed by atoms with Crippen LogP contribution in [0.25, 0.3) is 0 Å². The summed E-state index contributed by atoms with van der Waals surface area (Å²) in [7, 11) is 0. The first-order valence-electron chi connectivity index (χ1n) is 5.23. The predicted molar refractivity (Wildman–Crippen MR) is 57.3 cm³/mol. The van der Waals surface area contributed by atoms with Crippen molar-refractivity contribution in [2.24, 2.45) is 17.1 Å². The van der Waals surface area contributed by atoms with Crippen LogP contribution in [0.1, 0.15) is 25.7 Å². The van der Waals surface area contributed by atoms with Crippen LogP contribution < -0.4 is 5.73 Å². The molecule has 1 saturated heterocycles. The van der Waals surface area contributed by atoms with Gasteiger partial charge in [0.1, 0.15) is 6.04 Å². The molecule has 3 N–H and O–H groups in total. The van der Waals surface area contributed by atoms with Gasteiger partial charge in [-0.2, -0.15) is 11.8 Å². The number of nitrogens with two attached hydrogens (primary N) is 1. The molecule has 2 aliphatic rings. The maximum atomic E-state index is 10.9. The van der Waals surface area contributed by atoms with E-state index in [1.54, 1.807) is 0 Å². The van der Waals surface area contributed by atoms with Crippen molar-refractivity contribution in [3.63, 3.8) is 0 Å². The number of carbonyl (C=O) groups is 1. The number of hydrogen-bond acceptors (Lipinski definition) is 3. The van der Waals surface area contributed by atoms with Gasteiger partial charge < -0.3 is 10.8 Å². The molecule has 14 heavy (non-hydrogen) atoms. The molecule has 2 rings (SSSR count). The Bertz CT molecular complexity index is 234. The fraction of sp³-hybridized carbons (Fsp3) is 0.900. The molecule has 4 heteroatoms. The lowest BCUT2D eigenvalue weighted by Gasteiger charge is -2.32. The highest BCUT2D eigenvalue weighted by Gasteiger charge is 2.55. The molecule has 2 unspecified atom stereocenters. The maximum Gasteiger partial charge on any atom is 0.321 e. The molecule has 0 aromatic rings. The first-order chi connectivity index (χ1) is 6.67. The van der Waals surface area contributed by atoms with Crippen molar-refractivity contribution >= 4 is 17.7 Å². The van der Waals surface area contributed by atoms with Crippen molar-refractivity contribution in [3.05, 3.63) is 0 Å². The van der Waals surface area contributed by atoms with Gasteiger partial charge in [-0.1, -0.05) is 0 Å². The molecule has 1 heterocycles. The first-order valence-corrected chi connectivity index (χ1v) is 6.38. The van der Waals surface area contributed by atoms with Gasteiger partial charge >= 0.3 is 5.97 Å². The lowest BCUT2D eigenvalue weighted by molar-refractivity contribution is -0.140. The highest BCUT2D eigenvalue weighted by molar-refractivity contribution is 7.99. The van der Waals surface area contributed by atoms with E-state index in [0.29, 0.717) is 5.92 Å². The zero-order chi connectivity index (χ0) is 10.2. The number of rotatable bonds is 3. The second-order valence-electron chi connectivity index (χ2n) is 4.46. The van der Waals surface area contributed by atoms with E-state index < -0.39 is 12.0 Å². The van der Waals surface area contributed by atoms with Gasteiger partial charge in [-0.3, -0.25) is 4.79 Å². The van der Waals surface area contributed by atoms with Gasteiger partial charge in [0.25, 0.3) is 0 Å². The van der Waals surface area contributed by atoms with Gasteiger partial charge in [0.2, 0.25) is 0 Å². The van der Waals surface area contributed by atoms with Crippen molar-refractivity contribution in [1.29, 1.82) is 0 Å². The Hall–Kier alpha value is -0.220. The van der Waals surface area contributed by atoms with Crippen LogP contribution in [0, 0.1) is 11.3 Å².